The van der Waals surface area contributed by atoms with Gasteiger partial charge in [-0.3, -0.25) is 4.79 Å². The first-order valence-electron chi connectivity index (χ1n) is 4.29. The van der Waals surface area contributed by atoms with Crippen molar-refractivity contribution in [2.45, 2.75) is 13.7 Å². The van der Waals surface area contributed by atoms with Crippen molar-refractivity contribution in [3.05, 3.63) is 23.9 Å². The fourth-order valence-electron chi connectivity index (χ4n) is 0.982. The Morgan fingerprint density at radius 2 is 2.19 bits per heavy atom. The van der Waals surface area contributed by atoms with Crippen molar-refractivity contribution in [1.82, 2.24) is 15.2 Å². The predicted molar refractivity (Wildman–Crippen MR) is 65.4 cm³/mol. The summed E-state index contributed by atoms with van der Waals surface area (Å²) in [5.74, 6) is 0. The van der Waals surface area contributed by atoms with E-state index in [4.69, 9.17) is 0 Å². The molecule has 0 saturated heterocycles. The minimum Gasteiger partial charge on any atom is -0.298 e. The smallest absolute Gasteiger partial charge is 0.181 e. The van der Waals surface area contributed by atoms with Crippen LogP contribution in [0, 0.1) is 0 Å². The van der Waals surface area contributed by atoms with Gasteiger partial charge in [0.05, 0.1) is 0 Å². The van der Waals surface area contributed by atoms with Crippen LogP contribution in [0.1, 0.15) is 10.4 Å². The van der Waals surface area contributed by atoms with Gasteiger partial charge in [0.25, 0.3) is 0 Å². The van der Waals surface area contributed by atoms with Crippen molar-refractivity contribution < 1.29 is 4.79 Å². The van der Waals surface area contributed by atoms with Crippen molar-refractivity contribution in [3.8, 4) is 0 Å². The van der Waals surface area contributed by atoms with E-state index < -0.39 is 0 Å². The second kappa shape index (κ2) is 5.42. The van der Waals surface area contributed by atoms with Crippen LogP contribution in [0.5, 0.6) is 0 Å². The first-order valence-corrected chi connectivity index (χ1v) is 7.15. The molecule has 4 nitrogen and oxygen atoms in total. The number of thioether (sulfide) groups is 1. The normalized spacial score (nSPS) is 10.3. The topological polar surface area (TPSA) is 55.7 Å². The Bertz CT molecular complexity index is 500. The van der Waals surface area contributed by atoms with Gasteiger partial charge in [-0.25, -0.2) is 4.98 Å². The first kappa shape index (κ1) is 11.6. The van der Waals surface area contributed by atoms with E-state index in [0.717, 1.165) is 15.0 Å². The fourth-order valence-corrected chi connectivity index (χ4v) is 3.38. The number of pyridine rings is 1. The van der Waals surface area contributed by atoms with Crippen molar-refractivity contribution >= 4 is 41.1 Å². The summed E-state index contributed by atoms with van der Waals surface area (Å²) in [6.45, 7) is 0. The van der Waals surface area contributed by atoms with Crippen molar-refractivity contribution in [2.75, 3.05) is 6.26 Å². The van der Waals surface area contributed by atoms with Gasteiger partial charge in [0, 0.05) is 11.8 Å². The molecule has 16 heavy (non-hydrogen) atoms. The SMILES string of the molecule is CSc1nnc(Sc2ncccc2C=O)s1. The molecule has 0 saturated carbocycles. The minimum atomic E-state index is 0.577. The molecule has 0 atom stereocenters. The molecule has 0 spiro atoms. The Labute approximate surface area is 105 Å². The lowest BCUT2D eigenvalue weighted by Gasteiger charge is -1.98. The molecular weight excluding hydrogens is 262 g/mol. The monoisotopic (exact) mass is 269 g/mol. The van der Waals surface area contributed by atoms with Crippen LogP contribution in [0.25, 0.3) is 0 Å². The molecule has 0 bridgehead atoms. The molecule has 7 heteroatoms. The van der Waals surface area contributed by atoms with Crippen LogP contribution in [0.15, 0.2) is 32.0 Å². The molecule has 0 amide bonds. The van der Waals surface area contributed by atoms with Gasteiger partial charge in [0.2, 0.25) is 0 Å². The summed E-state index contributed by atoms with van der Waals surface area (Å²) in [7, 11) is 0. The van der Waals surface area contributed by atoms with E-state index in [0.29, 0.717) is 10.6 Å². The third-order valence-corrected chi connectivity index (χ3v) is 4.66. The molecular formula is C9H7N3OS3. The summed E-state index contributed by atoms with van der Waals surface area (Å²) >= 11 is 4.41. The quantitative estimate of drug-likeness (QED) is 0.628. The molecule has 82 valence electrons. The first-order chi connectivity index (χ1) is 7.83. The van der Waals surface area contributed by atoms with Gasteiger partial charge < -0.3 is 0 Å². The van der Waals surface area contributed by atoms with Crippen LogP contribution in [0.3, 0.4) is 0 Å². The van der Waals surface area contributed by atoms with Gasteiger partial charge in [-0.15, -0.1) is 10.2 Å². The Balaban J connectivity index is 2.22. The highest BCUT2D eigenvalue weighted by molar-refractivity contribution is 8.03. The largest absolute Gasteiger partial charge is 0.298 e. The van der Waals surface area contributed by atoms with Gasteiger partial charge in [-0.1, -0.05) is 23.1 Å². The number of carbonyl (C=O) groups is 1. The third-order valence-electron chi connectivity index (χ3n) is 1.67. The van der Waals surface area contributed by atoms with Crippen LogP contribution in [0.4, 0.5) is 0 Å². The summed E-state index contributed by atoms with van der Waals surface area (Å²) in [5, 5.41) is 8.66. The van der Waals surface area contributed by atoms with Crippen molar-refractivity contribution in [2.24, 2.45) is 0 Å². The van der Waals surface area contributed by atoms with Gasteiger partial charge in [-0.2, -0.15) is 0 Å². The molecule has 0 N–H and O–H groups in total. The highest BCUT2D eigenvalue weighted by atomic mass is 32.2. The number of rotatable bonds is 4. The van der Waals surface area contributed by atoms with Gasteiger partial charge in [0.1, 0.15) is 5.03 Å². The Hall–Kier alpha value is -0.920. The van der Waals surface area contributed by atoms with Crippen LogP contribution >= 0.6 is 34.9 Å². The maximum Gasteiger partial charge on any atom is 0.181 e. The lowest BCUT2D eigenvalue weighted by atomic mass is 10.3. The summed E-state index contributed by atoms with van der Waals surface area (Å²) in [4.78, 5) is 14.9. The Kier molecular flexibility index (Phi) is 3.92. The van der Waals surface area contributed by atoms with E-state index in [1.807, 2.05) is 6.26 Å². The molecule has 0 radical (unpaired) electrons. The van der Waals surface area contributed by atoms with Crippen molar-refractivity contribution in [3.63, 3.8) is 0 Å². The standard InChI is InChI=1S/C9H7N3OS3/c1-14-8-11-12-9(16-8)15-7-6(5-13)3-2-4-10-7/h2-5H,1H3. The van der Waals surface area contributed by atoms with E-state index in [-0.39, 0.29) is 0 Å². The van der Waals surface area contributed by atoms with Crippen molar-refractivity contribution in [1.29, 1.82) is 0 Å². The number of hydrogen-bond acceptors (Lipinski definition) is 7. The lowest BCUT2D eigenvalue weighted by Crippen LogP contribution is -1.87. The van der Waals surface area contributed by atoms with Gasteiger partial charge in [0.15, 0.2) is 15.0 Å². The molecule has 2 heterocycles. The number of aromatic nitrogens is 3. The van der Waals surface area contributed by atoms with E-state index in [9.17, 15) is 4.79 Å². The fraction of sp³-hybridized carbons (Fsp3) is 0.111. The van der Waals surface area contributed by atoms with E-state index in [1.165, 1.54) is 23.1 Å². The summed E-state index contributed by atoms with van der Waals surface area (Å²) in [6, 6.07) is 3.47. The third kappa shape index (κ3) is 2.60. The second-order valence-electron chi connectivity index (χ2n) is 2.66. The highest BCUT2D eigenvalue weighted by Crippen LogP contribution is 2.32. The van der Waals surface area contributed by atoms with E-state index in [2.05, 4.69) is 15.2 Å². The predicted octanol–water partition coefficient (Wildman–Crippen LogP) is 2.62. The van der Waals surface area contributed by atoms with Crippen LogP contribution in [0.2, 0.25) is 0 Å². The Morgan fingerprint density at radius 3 is 2.88 bits per heavy atom. The highest BCUT2D eigenvalue weighted by Gasteiger charge is 2.09. The molecule has 2 rings (SSSR count). The molecule has 0 aliphatic carbocycles. The van der Waals surface area contributed by atoms with E-state index >= 15 is 0 Å². The zero-order chi connectivity index (χ0) is 11.4. The molecule has 2 aromatic rings. The minimum absolute atomic E-state index is 0.577. The zero-order valence-corrected chi connectivity index (χ0v) is 10.7. The number of aldehydes is 1. The number of nitrogens with zero attached hydrogens (tertiary/aromatic N) is 3. The Morgan fingerprint density at radius 1 is 1.38 bits per heavy atom. The zero-order valence-electron chi connectivity index (χ0n) is 8.28. The summed E-state index contributed by atoms with van der Waals surface area (Å²) in [5.41, 5.74) is 0.577. The van der Waals surface area contributed by atoms with E-state index in [1.54, 1.807) is 30.1 Å². The van der Waals surface area contributed by atoms with Crippen LogP contribution in [-0.4, -0.2) is 27.7 Å². The molecule has 0 aliphatic rings. The number of hydrogen-bond donors (Lipinski definition) is 0. The molecule has 2 aromatic heterocycles. The van der Waals surface area contributed by atoms with Crippen LogP contribution < -0.4 is 0 Å². The molecule has 0 aliphatic heterocycles. The van der Waals surface area contributed by atoms with Gasteiger partial charge in [-0.05, 0) is 30.2 Å². The molecule has 0 aromatic carbocycles. The lowest BCUT2D eigenvalue weighted by molar-refractivity contribution is 0.112. The van der Waals surface area contributed by atoms with Gasteiger partial charge >= 0.3 is 0 Å². The molecule has 0 unspecified atom stereocenters. The number of carbonyl (C=O) groups excluding carboxylic acids is 1. The average Bonchev–Trinajstić information content (AvgIpc) is 2.77. The maximum absolute atomic E-state index is 10.8. The molecule has 0 fully saturated rings. The average molecular weight is 269 g/mol. The summed E-state index contributed by atoms with van der Waals surface area (Å²) in [6.07, 6.45) is 4.41. The van der Waals surface area contributed by atoms with Crippen LogP contribution in [-0.2, 0) is 0 Å². The maximum atomic E-state index is 10.8. The second-order valence-corrected chi connectivity index (χ2v) is 5.92. The summed E-state index contributed by atoms with van der Waals surface area (Å²) < 4.78 is 1.71.